The summed E-state index contributed by atoms with van der Waals surface area (Å²) in [5.74, 6) is 0.797. The van der Waals surface area contributed by atoms with Gasteiger partial charge >= 0.3 is 0 Å². The van der Waals surface area contributed by atoms with Gasteiger partial charge in [-0.05, 0) is 66.8 Å². The van der Waals surface area contributed by atoms with Crippen LogP contribution in [0.25, 0.3) is 22.4 Å². The van der Waals surface area contributed by atoms with E-state index in [0.29, 0.717) is 6.61 Å². The minimum Gasteiger partial charge on any atom is -0.376 e. The van der Waals surface area contributed by atoms with Crippen molar-refractivity contribution in [1.82, 2.24) is 14.1 Å². The van der Waals surface area contributed by atoms with E-state index in [4.69, 9.17) is 4.74 Å². The summed E-state index contributed by atoms with van der Waals surface area (Å²) in [5, 5.41) is 0. The van der Waals surface area contributed by atoms with Crippen LogP contribution in [0.4, 0.5) is 0 Å². The molecule has 0 bridgehead atoms. The number of imidazole rings is 1. The van der Waals surface area contributed by atoms with Crippen molar-refractivity contribution in [2.75, 3.05) is 6.61 Å². The van der Waals surface area contributed by atoms with E-state index in [1.807, 2.05) is 18.5 Å². The molecule has 1 fully saturated rings. The van der Waals surface area contributed by atoms with Crippen molar-refractivity contribution in [3.05, 3.63) is 78.9 Å². The zero-order valence-corrected chi connectivity index (χ0v) is 14.6. The van der Waals surface area contributed by atoms with E-state index in [9.17, 15) is 0 Å². The lowest BCUT2D eigenvalue weighted by atomic mass is 10.2. The van der Waals surface area contributed by atoms with Gasteiger partial charge in [-0.1, -0.05) is 12.1 Å². The van der Waals surface area contributed by atoms with Crippen LogP contribution >= 0.6 is 0 Å². The first-order chi connectivity index (χ1) is 12.9. The average molecular weight is 343 g/mol. The summed E-state index contributed by atoms with van der Waals surface area (Å²) in [6.45, 7) is 1.56. The summed E-state index contributed by atoms with van der Waals surface area (Å²) in [5.41, 5.74) is 5.55. The monoisotopic (exact) mass is 343 g/mol. The summed E-state index contributed by atoms with van der Waals surface area (Å²) in [4.78, 5) is 4.60. The number of benzene rings is 2. The van der Waals surface area contributed by atoms with Gasteiger partial charge in [0.2, 0.25) is 0 Å². The Labute approximate surface area is 152 Å². The van der Waals surface area contributed by atoms with Gasteiger partial charge in [0.25, 0.3) is 0 Å². The fourth-order valence-corrected chi connectivity index (χ4v) is 3.29. The molecular formula is C22H21N3O. The summed E-state index contributed by atoms with van der Waals surface area (Å²) < 4.78 is 10.0. The van der Waals surface area contributed by atoms with Crippen molar-refractivity contribution in [3.63, 3.8) is 0 Å². The van der Waals surface area contributed by atoms with Gasteiger partial charge in [0.05, 0.1) is 17.6 Å². The lowest BCUT2D eigenvalue weighted by Crippen LogP contribution is -1.97. The van der Waals surface area contributed by atoms with Crippen molar-refractivity contribution in [3.8, 4) is 11.4 Å². The van der Waals surface area contributed by atoms with Gasteiger partial charge in [-0.25, -0.2) is 4.98 Å². The van der Waals surface area contributed by atoms with Crippen LogP contribution in [0.5, 0.6) is 0 Å². The number of hydrogen-bond donors (Lipinski definition) is 0. The maximum Gasteiger partial charge on any atom is 0.100 e. The summed E-state index contributed by atoms with van der Waals surface area (Å²) in [6.07, 6.45) is 8.66. The summed E-state index contributed by atoms with van der Waals surface area (Å²) in [6, 6.07) is 19.0. The van der Waals surface area contributed by atoms with Crippen LogP contribution in [0.3, 0.4) is 0 Å². The molecule has 1 saturated carbocycles. The van der Waals surface area contributed by atoms with Gasteiger partial charge in [-0.2, -0.15) is 0 Å². The van der Waals surface area contributed by atoms with Crippen molar-refractivity contribution < 1.29 is 4.74 Å². The highest BCUT2D eigenvalue weighted by Crippen LogP contribution is 2.29. The Morgan fingerprint density at radius 2 is 1.81 bits per heavy atom. The fourth-order valence-electron chi connectivity index (χ4n) is 3.29. The van der Waals surface area contributed by atoms with Crippen molar-refractivity contribution in [2.24, 2.45) is 5.92 Å². The maximum atomic E-state index is 5.80. The van der Waals surface area contributed by atoms with E-state index in [1.54, 1.807) is 0 Å². The predicted molar refractivity (Wildman–Crippen MR) is 103 cm³/mol. The smallest absolute Gasteiger partial charge is 0.100 e. The molecule has 26 heavy (non-hydrogen) atoms. The van der Waals surface area contributed by atoms with Crippen LogP contribution in [-0.2, 0) is 11.3 Å². The Bertz CT molecular complexity index is 1030. The molecule has 2 aromatic carbocycles. The van der Waals surface area contributed by atoms with Gasteiger partial charge in [0, 0.05) is 30.4 Å². The number of ether oxygens (including phenoxy) is 1. The quantitative estimate of drug-likeness (QED) is 0.506. The molecule has 0 unspecified atom stereocenters. The molecule has 5 rings (SSSR count). The molecule has 0 radical (unpaired) electrons. The third-order valence-corrected chi connectivity index (χ3v) is 4.94. The molecule has 0 aliphatic heterocycles. The Kier molecular flexibility index (Phi) is 3.83. The molecule has 2 heterocycles. The molecule has 2 aromatic heterocycles. The molecule has 0 saturated heterocycles. The van der Waals surface area contributed by atoms with E-state index in [-0.39, 0.29) is 0 Å². The topological polar surface area (TPSA) is 32.0 Å². The Balaban J connectivity index is 1.43. The van der Waals surface area contributed by atoms with E-state index in [1.165, 1.54) is 18.4 Å². The van der Waals surface area contributed by atoms with Gasteiger partial charge in [-0.15, -0.1) is 0 Å². The minimum atomic E-state index is 0.669. The van der Waals surface area contributed by atoms with Gasteiger partial charge < -0.3 is 9.30 Å². The third-order valence-electron chi connectivity index (χ3n) is 4.94. The largest absolute Gasteiger partial charge is 0.376 e. The SMILES string of the molecule is c1cc(-n2cccc2)cc(-n2cnc3cc(COCC4CC4)ccc32)c1. The highest BCUT2D eigenvalue weighted by atomic mass is 16.5. The lowest BCUT2D eigenvalue weighted by molar-refractivity contribution is 0.111. The highest BCUT2D eigenvalue weighted by molar-refractivity contribution is 5.78. The second kappa shape index (κ2) is 6.46. The second-order valence-electron chi connectivity index (χ2n) is 7.01. The van der Waals surface area contributed by atoms with E-state index < -0.39 is 0 Å². The molecule has 130 valence electrons. The van der Waals surface area contributed by atoms with Crippen LogP contribution in [-0.4, -0.2) is 20.7 Å². The molecule has 1 aliphatic carbocycles. The van der Waals surface area contributed by atoms with E-state index in [2.05, 4.69) is 69.0 Å². The number of fused-ring (bicyclic) bond motifs is 1. The average Bonchev–Trinajstić information content (AvgIpc) is 3.18. The highest BCUT2D eigenvalue weighted by Gasteiger charge is 2.21. The minimum absolute atomic E-state index is 0.669. The number of rotatable bonds is 6. The van der Waals surface area contributed by atoms with Crippen LogP contribution in [0.15, 0.2) is 73.3 Å². The van der Waals surface area contributed by atoms with E-state index >= 15 is 0 Å². The van der Waals surface area contributed by atoms with Crippen LogP contribution in [0.1, 0.15) is 18.4 Å². The molecule has 4 aromatic rings. The summed E-state index contributed by atoms with van der Waals surface area (Å²) >= 11 is 0. The van der Waals surface area contributed by atoms with Crippen LogP contribution in [0.2, 0.25) is 0 Å². The van der Waals surface area contributed by atoms with Gasteiger partial charge in [0.1, 0.15) is 6.33 Å². The fraction of sp³-hybridized carbons (Fsp3) is 0.227. The van der Waals surface area contributed by atoms with Crippen molar-refractivity contribution >= 4 is 11.0 Å². The van der Waals surface area contributed by atoms with Crippen LogP contribution < -0.4 is 0 Å². The standard InChI is InChI=1S/C22H21N3O/c1-2-11-24(10-1)19-4-3-5-20(13-19)25-16-23-21-12-18(8-9-22(21)25)15-26-14-17-6-7-17/h1-5,8-13,16-17H,6-7,14-15H2. The first-order valence-corrected chi connectivity index (χ1v) is 9.14. The molecule has 0 amide bonds. The molecule has 4 nitrogen and oxygen atoms in total. The number of hydrogen-bond acceptors (Lipinski definition) is 2. The van der Waals surface area contributed by atoms with Crippen molar-refractivity contribution in [1.29, 1.82) is 0 Å². The Morgan fingerprint density at radius 1 is 0.962 bits per heavy atom. The molecule has 0 spiro atoms. The Hall–Kier alpha value is -2.85. The molecule has 0 N–H and O–H groups in total. The number of nitrogens with zero attached hydrogens (tertiary/aromatic N) is 3. The molecule has 1 aliphatic rings. The summed E-state index contributed by atoms with van der Waals surface area (Å²) in [7, 11) is 0. The Morgan fingerprint density at radius 3 is 2.65 bits per heavy atom. The normalized spacial score (nSPS) is 14.2. The molecule has 4 heteroatoms. The zero-order valence-electron chi connectivity index (χ0n) is 14.6. The third kappa shape index (κ3) is 3.04. The van der Waals surface area contributed by atoms with Gasteiger partial charge in [0.15, 0.2) is 0 Å². The second-order valence-corrected chi connectivity index (χ2v) is 7.01. The molecule has 0 atom stereocenters. The number of aromatic nitrogens is 3. The first kappa shape index (κ1) is 15.4. The lowest BCUT2D eigenvalue weighted by Gasteiger charge is -2.09. The maximum absolute atomic E-state index is 5.80. The van der Waals surface area contributed by atoms with Gasteiger partial charge in [-0.3, -0.25) is 4.57 Å². The van der Waals surface area contributed by atoms with Crippen LogP contribution in [0, 0.1) is 5.92 Å². The van der Waals surface area contributed by atoms with Crippen molar-refractivity contribution in [2.45, 2.75) is 19.4 Å². The van der Waals surface area contributed by atoms with E-state index in [0.717, 1.165) is 34.9 Å². The predicted octanol–water partition coefficient (Wildman–Crippen LogP) is 4.74. The first-order valence-electron chi connectivity index (χ1n) is 9.14. The zero-order chi connectivity index (χ0) is 17.3. The molecular weight excluding hydrogens is 322 g/mol.